The second kappa shape index (κ2) is 11.2. The molecule has 271 valence electrons. The van der Waals surface area contributed by atoms with Crippen LogP contribution in [-0.4, -0.2) is 79.1 Å². The molecule has 0 amide bonds. The highest BCUT2D eigenvalue weighted by molar-refractivity contribution is 6.76. The van der Waals surface area contributed by atoms with Gasteiger partial charge in [-0.15, -0.1) is 0 Å². The third kappa shape index (κ3) is 4.09. The summed E-state index contributed by atoms with van der Waals surface area (Å²) < 4.78 is 6.28. The summed E-state index contributed by atoms with van der Waals surface area (Å²) in [5, 5.41) is 124. The monoisotopic (exact) mass is 751 g/mol. The van der Waals surface area contributed by atoms with E-state index in [1.54, 1.807) is 66.7 Å². The maximum Gasteiger partial charge on any atom is 0.203 e. The number of furan rings is 1. The molecule has 0 bridgehead atoms. The second-order valence-corrected chi connectivity index (χ2v) is 13.9. The summed E-state index contributed by atoms with van der Waals surface area (Å²) in [4.78, 5) is 0. The Hall–Kier alpha value is -7.67. The van der Waals surface area contributed by atoms with Crippen LogP contribution in [0.3, 0.4) is 0 Å². The van der Waals surface area contributed by atoms with Gasteiger partial charge in [-0.2, -0.15) is 0 Å². The van der Waals surface area contributed by atoms with Crippen molar-refractivity contribution in [1.82, 2.24) is 0 Å². The molecule has 0 saturated carbocycles. The first-order valence-electron chi connectivity index (χ1n) is 17.2. The van der Waals surface area contributed by atoms with Crippen molar-refractivity contribution in [1.29, 1.82) is 0 Å². The van der Waals surface area contributed by atoms with E-state index in [2.05, 4.69) is 0 Å². The van der Waals surface area contributed by atoms with Crippen LogP contribution in [0.4, 0.5) is 0 Å². The molecule has 57 heavy (non-hydrogen) atoms. The van der Waals surface area contributed by atoms with Crippen LogP contribution in [0.1, 0.15) is 0 Å². The van der Waals surface area contributed by atoms with Crippen LogP contribution < -0.4 is 21.9 Å². The summed E-state index contributed by atoms with van der Waals surface area (Å²) in [5.74, 6) is -8.79. The van der Waals surface area contributed by atoms with Gasteiger partial charge in [-0.25, -0.2) is 0 Å². The Labute approximate surface area is 322 Å². The predicted molar refractivity (Wildman–Crippen MR) is 217 cm³/mol. The molecule has 10 rings (SSSR count). The molecule has 15 heteroatoms. The van der Waals surface area contributed by atoms with Gasteiger partial charge in [0.05, 0.1) is 16.3 Å². The van der Waals surface area contributed by atoms with Crippen molar-refractivity contribution in [3.63, 3.8) is 0 Å². The van der Waals surface area contributed by atoms with Gasteiger partial charge in [0.25, 0.3) is 0 Å². The quantitative estimate of drug-likeness (QED) is 0.0512. The van der Waals surface area contributed by atoms with Crippen molar-refractivity contribution in [2.24, 2.45) is 0 Å². The Balaban J connectivity index is 1.35. The maximum absolute atomic E-state index is 12.3. The summed E-state index contributed by atoms with van der Waals surface area (Å²) >= 11 is 0. The minimum atomic E-state index is -0.954. The molecule has 2 heterocycles. The van der Waals surface area contributed by atoms with Crippen LogP contribution in [-0.2, 0) is 0 Å². The predicted octanol–water partition coefficient (Wildman–Crippen LogP) is 4.36. The normalized spacial score (nSPS) is 12.2. The van der Waals surface area contributed by atoms with Gasteiger partial charge >= 0.3 is 0 Å². The lowest BCUT2D eigenvalue weighted by Crippen LogP contribution is -2.37. The maximum atomic E-state index is 12.3. The van der Waals surface area contributed by atoms with E-state index in [4.69, 9.17) is 20.1 Å². The van der Waals surface area contributed by atoms with Crippen molar-refractivity contribution >= 4 is 99.1 Å². The number of fused-ring (bicyclic) bond motifs is 8. The molecule has 0 unspecified atom stereocenters. The van der Waals surface area contributed by atoms with Crippen LogP contribution in [0, 0.1) is 0 Å². The Morgan fingerprint density at radius 2 is 0.912 bits per heavy atom. The van der Waals surface area contributed by atoms with E-state index in [0.717, 1.165) is 0 Å². The molecule has 8 aromatic carbocycles. The lowest BCUT2D eigenvalue weighted by atomic mass is 9.54. The average Bonchev–Trinajstić information content (AvgIpc) is 3.60. The minimum Gasteiger partial charge on any atom is -0.506 e. The number of hydrogen-bond donors (Lipinski definition) is 11. The van der Waals surface area contributed by atoms with Crippen molar-refractivity contribution in [3.05, 3.63) is 66.7 Å². The van der Waals surface area contributed by atoms with Gasteiger partial charge in [-0.1, -0.05) is 54.6 Å². The number of aromatic hydroxyl groups is 11. The summed E-state index contributed by atoms with van der Waals surface area (Å²) in [5.41, 5.74) is -0.292. The van der Waals surface area contributed by atoms with E-state index >= 15 is 0 Å². The first kappa shape index (κ1) is 33.9. The number of phenols is 11. The fraction of sp³-hybridized carbons (Fsp3) is 0. The van der Waals surface area contributed by atoms with E-state index in [0.29, 0.717) is 38.1 Å². The van der Waals surface area contributed by atoms with E-state index in [1.807, 2.05) is 0 Å². The zero-order valence-corrected chi connectivity index (χ0v) is 28.9. The standard InChI is InChI=1S/C42H22B3O12/c43-27-24-23-22-26(34(49)40(55)38(53)29(22)45-30(24)39(54)41(56)35(27)50)42-21(31(23)46)17-11-12(9-10-18(17)57-42)19-13-5-1-3-7-15(13)20(16-8-4-2-6-14(16)19)25-32(47)36(51)28(44)37(52)33(25)48/h1-11,46-56H. The summed E-state index contributed by atoms with van der Waals surface area (Å²) in [6.07, 6.45) is 0. The van der Waals surface area contributed by atoms with E-state index in [-0.39, 0.29) is 60.5 Å². The summed E-state index contributed by atoms with van der Waals surface area (Å²) in [6.45, 7) is 0. The zero-order chi connectivity index (χ0) is 40.1. The highest BCUT2D eigenvalue weighted by atomic mass is 16.3. The van der Waals surface area contributed by atoms with Crippen LogP contribution >= 0.6 is 0 Å². The van der Waals surface area contributed by atoms with Crippen LogP contribution in [0.25, 0.3) is 87.6 Å². The topological polar surface area (TPSA) is 236 Å². The molecular weight excluding hydrogens is 729 g/mol. The van der Waals surface area contributed by atoms with Gasteiger partial charge in [-0.3, -0.25) is 0 Å². The third-order valence-corrected chi connectivity index (χ3v) is 11.0. The molecule has 12 nitrogen and oxygen atoms in total. The number of phenolic OH excluding ortho intramolecular Hbond substituents is 11. The van der Waals surface area contributed by atoms with Gasteiger partial charge < -0.3 is 60.6 Å². The third-order valence-electron chi connectivity index (χ3n) is 11.0. The molecule has 5 radical (unpaired) electrons. The van der Waals surface area contributed by atoms with Crippen molar-refractivity contribution in [2.75, 3.05) is 0 Å². The molecule has 0 atom stereocenters. The fourth-order valence-corrected chi connectivity index (χ4v) is 8.47. The Bertz CT molecular complexity index is 3290. The molecule has 0 spiro atoms. The Kier molecular flexibility index (Phi) is 6.66. The molecule has 0 saturated heterocycles. The number of benzene rings is 8. The molecular formula is C42H22B3O12. The molecule has 11 N–H and O–H groups in total. The highest BCUT2D eigenvalue weighted by Crippen LogP contribution is 2.56. The van der Waals surface area contributed by atoms with E-state index in [1.165, 1.54) is 7.28 Å². The second-order valence-electron chi connectivity index (χ2n) is 13.9. The molecule has 9 aromatic rings. The van der Waals surface area contributed by atoms with Crippen molar-refractivity contribution in [3.8, 4) is 96.6 Å². The average molecular weight is 751 g/mol. The van der Waals surface area contributed by atoms with E-state index in [9.17, 15) is 56.2 Å². The van der Waals surface area contributed by atoms with Crippen LogP contribution in [0.2, 0.25) is 0 Å². The lowest BCUT2D eigenvalue weighted by Gasteiger charge is -2.27. The number of hydrogen-bond acceptors (Lipinski definition) is 12. The Morgan fingerprint density at radius 1 is 0.386 bits per heavy atom. The largest absolute Gasteiger partial charge is 0.506 e. The van der Waals surface area contributed by atoms with Crippen LogP contribution in [0.15, 0.2) is 71.1 Å². The van der Waals surface area contributed by atoms with Gasteiger partial charge in [0, 0.05) is 16.5 Å². The Morgan fingerprint density at radius 3 is 1.51 bits per heavy atom. The van der Waals surface area contributed by atoms with Gasteiger partial charge in [0.2, 0.25) is 13.0 Å². The van der Waals surface area contributed by atoms with Crippen molar-refractivity contribution < 1.29 is 60.6 Å². The smallest absolute Gasteiger partial charge is 0.203 e. The molecule has 1 aliphatic rings. The zero-order valence-electron chi connectivity index (χ0n) is 28.9. The fourth-order valence-electron chi connectivity index (χ4n) is 8.47. The minimum absolute atomic E-state index is 0.0212. The van der Waals surface area contributed by atoms with Crippen LogP contribution in [0.5, 0.6) is 63.2 Å². The van der Waals surface area contributed by atoms with Crippen molar-refractivity contribution in [2.45, 2.75) is 0 Å². The first-order chi connectivity index (χ1) is 27.2. The van der Waals surface area contributed by atoms with Gasteiger partial charge in [-0.05, 0) is 77.6 Å². The lowest BCUT2D eigenvalue weighted by molar-refractivity contribution is 0.372. The van der Waals surface area contributed by atoms with Gasteiger partial charge in [0.15, 0.2) is 57.3 Å². The van der Waals surface area contributed by atoms with Gasteiger partial charge in [0.1, 0.15) is 27.0 Å². The summed E-state index contributed by atoms with van der Waals surface area (Å²) in [6, 6.07) is 19.2. The molecule has 1 aliphatic heterocycles. The first-order valence-corrected chi connectivity index (χ1v) is 17.2. The number of rotatable bonds is 2. The molecule has 1 aromatic heterocycles. The van der Waals surface area contributed by atoms with E-state index < -0.39 is 74.2 Å². The molecule has 0 aliphatic carbocycles. The molecule has 0 fully saturated rings. The highest BCUT2D eigenvalue weighted by Gasteiger charge is 2.37. The summed E-state index contributed by atoms with van der Waals surface area (Å²) in [7, 11) is 13.2. The SMILES string of the molecule is [B]c1c(O)c(O)c(-c2c3ccccc3c(-c3ccc4oc5c6c(O)c(O)c(O)c7c6c(c(O)c5c4c3)-c3c([B])c(O)c(O)c(O)c3[B]7)c3ccccc23)c(O)c1O.